The molecule has 30 heavy (non-hydrogen) atoms. The van der Waals surface area contributed by atoms with Crippen molar-refractivity contribution in [2.75, 3.05) is 0 Å². The zero-order valence-electron chi connectivity index (χ0n) is 14.7. The van der Waals surface area contributed by atoms with Gasteiger partial charge in [0.1, 0.15) is 5.69 Å². The van der Waals surface area contributed by atoms with E-state index < -0.39 is 34.6 Å². The van der Waals surface area contributed by atoms with Crippen LogP contribution in [0.5, 0.6) is 5.88 Å². The molecule has 0 saturated heterocycles. The fourth-order valence-electron chi connectivity index (χ4n) is 2.47. The van der Waals surface area contributed by atoms with Gasteiger partial charge in [0.05, 0.1) is 16.3 Å². The van der Waals surface area contributed by atoms with E-state index in [9.17, 15) is 26.3 Å². The third-order valence-corrected chi connectivity index (χ3v) is 4.39. The molecule has 0 fully saturated rings. The quantitative estimate of drug-likeness (QED) is 0.242. The summed E-state index contributed by atoms with van der Waals surface area (Å²) in [5.74, 6) is -0.355. The average Bonchev–Trinajstić information content (AvgIpc) is 2.63. The molecule has 0 radical (unpaired) electrons. The smallest absolute Gasteiger partial charge is 0.336 e. The molecule has 3 rings (SSSR count). The zero-order valence-corrected chi connectivity index (χ0v) is 16.2. The average molecular weight is 468 g/mol. The minimum Gasteiger partial charge on any atom is -0.336 e. The van der Waals surface area contributed by atoms with Crippen LogP contribution >= 0.6 is 23.2 Å². The Bertz CT molecular complexity index is 1150. The SMILES string of the molecule is CC(=NOc1ccc2c(C(F)(F)F)cc(C(F)(F)F)nc2n1)c1ccc(Cl)cc1Cl. The van der Waals surface area contributed by atoms with Gasteiger partial charge in [0.15, 0.2) is 5.65 Å². The predicted molar refractivity (Wildman–Crippen MR) is 98.8 cm³/mol. The summed E-state index contributed by atoms with van der Waals surface area (Å²) in [6.45, 7) is 1.53. The Hall–Kier alpha value is -2.59. The van der Waals surface area contributed by atoms with Crippen LogP contribution < -0.4 is 4.84 Å². The molecule has 158 valence electrons. The first-order chi connectivity index (χ1) is 13.9. The van der Waals surface area contributed by atoms with Gasteiger partial charge in [-0.05, 0) is 31.2 Å². The highest BCUT2D eigenvalue weighted by Gasteiger charge is 2.39. The molecule has 1 aromatic carbocycles. The van der Waals surface area contributed by atoms with Gasteiger partial charge in [-0.3, -0.25) is 0 Å². The normalized spacial score (nSPS) is 13.0. The monoisotopic (exact) mass is 467 g/mol. The maximum Gasteiger partial charge on any atom is 0.433 e. The van der Waals surface area contributed by atoms with Gasteiger partial charge in [-0.15, -0.1) is 0 Å². The van der Waals surface area contributed by atoms with Gasteiger partial charge in [-0.2, -0.15) is 31.3 Å². The van der Waals surface area contributed by atoms with Crippen molar-refractivity contribution in [1.82, 2.24) is 9.97 Å². The van der Waals surface area contributed by atoms with E-state index in [0.29, 0.717) is 10.6 Å². The summed E-state index contributed by atoms with van der Waals surface area (Å²) >= 11 is 11.9. The van der Waals surface area contributed by atoms with Crippen molar-refractivity contribution in [1.29, 1.82) is 0 Å². The van der Waals surface area contributed by atoms with E-state index in [2.05, 4.69) is 15.1 Å². The Morgan fingerprint density at radius 2 is 1.63 bits per heavy atom. The molecule has 4 nitrogen and oxygen atoms in total. The van der Waals surface area contributed by atoms with Crippen LogP contribution in [-0.2, 0) is 12.4 Å². The van der Waals surface area contributed by atoms with Gasteiger partial charge >= 0.3 is 12.4 Å². The van der Waals surface area contributed by atoms with Crippen LogP contribution in [-0.4, -0.2) is 15.7 Å². The lowest BCUT2D eigenvalue weighted by Crippen LogP contribution is -2.14. The fraction of sp³-hybridized carbons (Fsp3) is 0.167. The van der Waals surface area contributed by atoms with E-state index >= 15 is 0 Å². The number of nitrogens with zero attached hydrogens (tertiary/aromatic N) is 3. The molecule has 0 unspecified atom stereocenters. The van der Waals surface area contributed by atoms with Crippen LogP contribution in [0.2, 0.25) is 10.0 Å². The highest BCUT2D eigenvalue weighted by molar-refractivity contribution is 6.36. The van der Waals surface area contributed by atoms with Crippen molar-refractivity contribution in [3.63, 3.8) is 0 Å². The second-order valence-electron chi connectivity index (χ2n) is 5.96. The van der Waals surface area contributed by atoms with E-state index in [-0.39, 0.29) is 22.7 Å². The molecule has 0 aliphatic rings. The predicted octanol–water partition coefficient (Wildman–Crippen LogP) is 6.78. The number of rotatable bonds is 3. The van der Waals surface area contributed by atoms with Crippen molar-refractivity contribution < 1.29 is 31.2 Å². The Morgan fingerprint density at radius 1 is 0.933 bits per heavy atom. The number of halogens is 8. The topological polar surface area (TPSA) is 47.4 Å². The van der Waals surface area contributed by atoms with E-state index in [1.54, 1.807) is 12.1 Å². The van der Waals surface area contributed by atoms with Gasteiger partial charge < -0.3 is 4.84 Å². The molecular formula is C18H9Cl2F6N3O. The van der Waals surface area contributed by atoms with E-state index in [4.69, 9.17) is 28.0 Å². The van der Waals surface area contributed by atoms with Crippen LogP contribution in [0.4, 0.5) is 26.3 Å². The van der Waals surface area contributed by atoms with Crippen LogP contribution in [0.15, 0.2) is 41.6 Å². The number of aromatic nitrogens is 2. The molecule has 2 aromatic heterocycles. The van der Waals surface area contributed by atoms with Crippen molar-refractivity contribution in [3.8, 4) is 5.88 Å². The summed E-state index contributed by atoms with van der Waals surface area (Å²) in [7, 11) is 0. The minimum absolute atomic E-state index is 0.0601. The molecule has 0 N–H and O–H groups in total. The fourth-order valence-corrected chi connectivity index (χ4v) is 3.01. The van der Waals surface area contributed by atoms with Gasteiger partial charge in [-0.25, -0.2) is 4.98 Å². The molecule has 0 aliphatic carbocycles. The number of benzene rings is 1. The standard InChI is InChI=1S/C18H9Cl2F6N3O/c1-8(10-3-2-9(19)6-13(10)20)29-30-15-5-4-11-12(17(21,22)23)7-14(18(24,25)26)27-16(11)28-15/h2-7H,1H3. The van der Waals surface area contributed by atoms with E-state index in [0.717, 1.165) is 12.1 Å². The number of pyridine rings is 2. The van der Waals surface area contributed by atoms with Crippen molar-refractivity contribution in [2.45, 2.75) is 19.3 Å². The summed E-state index contributed by atoms with van der Waals surface area (Å²) in [6, 6.07) is 6.47. The lowest BCUT2D eigenvalue weighted by molar-refractivity contribution is -0.144. The number of oxime groups is 1. The first-order valence-corrected chi connectivity index (χ1v) is 8.75. The Morgan fingerprint density at radius 3 is 2.23 bits per heavy atom. The maximum absolute atomic E-state index is 13.2. The maximum atomic E-state index is 13.2. The molecule has 12 heteroatoms. The number of alkyl halides is 6. The number of hydrogen-bond donors (Lipinski definition) is 0. The summed E-state index contributed by atoms with van der Waals surface area (Å²) < 4.78 is 78.5. The summed E-state index contributed by atoms with van der Waals surface area (Å²) in [6.07, 6.45) is -10.1. The Labute approximate surface area is 175 Å². The largest absolute Gasteiger partial charge is 0.433 e. The molecule has 0 saturated carbocycles. The third-order valence-electron chi connectivity index (χ3n) is 3.84. The van der Waals surface area contributed by atoms with Crippen molar-refractivity contribution in [2.24, 2.45) is 5.16 Å². The van der Waals surface area contributed by atoms with Gasteiger partial charge in [0.2, 0.25) is 0 Å². The molecule has 0 bridgehead atoms. The lowest BCUT2D eigenvalue weighted by atomic mass is 10.1. The van der Waals surface area contributed by atoms with Crippen LogP contribution in [0.25, 0.3) is 11.0 Å². The van der Waals surface area contributed by atoms with E-state index in [1.807, 2.05) is 0 Å². The highest BCUT2D eigenvalue weighted by Crippen LogP contribution is 2.38. The second kappa shape index (κ2) is 7.92. The zero-order chi connectivity index (χ0) is 22.3. The molecular weight excluding hydrogens is 459 g/mol. The third kappa shape index (κ3) is 4.76. The van der Waals surface area contributed by atoms with Crippen molar-refractivity contribution in [3.05, 3.63) is 63.3 Å². The van der Waals surface area contributed by atoms with Gasteiger partial charge in [0, 0.05) is 22.0 Å². The molecule has 0 aliphatic heterocycles. The lowest BCUT2D eigenvalue weighted by Gasteiger charge is -2.13. The molecule has 0 atom stereocenters. The first kappa shape index (κ1) is 22.1. The van der Waals surface area contributed by atoms with Gasteiger partial charge in [-0.1, -0.05) is 34.4 Å². The molecule has 2 heterocycles. The van der Waals surface area contributed by atoms with Crippen LogP contribution in [0, 0.1) is 0 Å². The summed E-state index contributed by atoms with van der Waals surface area (Å²) in [5, 5.41) is 3.81. The van der Waals surface area contributed by atoms with Crippen LogP contribution in [0.3, 0.4) is 0 Å². The highest BCUT2D eigenvalue weighted by atomic mass is 35.5. The number of fused-ring (bicyclic) bond motifs is 1. The van der Waals surface area contributed by atoms with Crippen LogP contribution in [0.1, 0.15) is 23.7 Å². The van der Waals surface area contributed by atoms with Gasteiger partial charge in [0.25, 0.3) is 5.88 Å². The Kier molecular flexibility index (Phi) is 5.83. The minimum atomic E-state index is -5.09. The number of hydrogen-bond acceptors (Lipinski definition) is 4. The summed E-state index contributed by atoms with van der Waals surface area (Å²) in [5.41, 5.74) is -3.29. The van der Waals surface area contributed by atoms with Crippen molar-refractivity contribution >= 4 is 39.9 Å². The van der Waals surface area contributed by atoms with E-state index in [1.165, 1.54) is 13.0 Å². The Balaban J connectivity index is 2.02. The molecule has 0 spiro atoms. The second-order valence-corrected chi connectivity index (χ2v) is 6.81. The molecule has 0 amide bonds. The summed E-state index contributed by atoms with van der Waals surface area (Å²) in [4.78, 5) is 11.9. The molecule has 3 aromatic rings. The first-order valence-electron chi connectivity index (χ1n) is 7.99.